The van der Waals surface area contributed by atoms with Crippen LogP contribution in [0.2, 0.25) is 0 Å². The fraction of sp³-hybridized carbons (Fsp3) is 0.240. The zero-order valence-electron chi connectivity index (χ0n) is 17.8. The third kappa shape index (κ3) is 3.89. The number of urea groups is 1. The standard InChI is InChI=1S/C25H25N3O3S/c1-17(19-5-3-2-4-6-19)28-15-22-12-23(9-10-24(22)27-25(28)29)32(30,31)16-18-7-8-20-13-26-14-21(20)11-18/h2-12,17,26H,13-16H2,1H3,(H,27,29). The molecule has 2 aliphatic heterocycles. The Bertz CT molecular complexity index is 1290. The molecular weight excluding hydrogens is 422 g/mol. The molecule has 2 N–H and O–H groups in total. The number of fused-ring (bicyclic) bond motifs is 2. The molecule has 6 nitrogen and oxygen atoms in total. The summed E-state index contributed by atoms with van der Waals surface area (Å²) in [4.78, 5) is 14.7. The number of hydrogen-bond donors (Lipinski definition) is 2. The molecule has 0 radical (unpaired) electrons. The van der Waals surface area contributed by atoms with Crippen LogP contribution in [0.1, 0.15) is 40.8 Å². The highest BCUT2D eigenvalue weighted by Crippen LogP contribution is 2.32. The molecule has 164 valence electrons. The van der Waals surface area contributed by atoms with Gasteiger partial charge in [0.05, 0.1) is 23.2 Å². The maximum atomic E-state index is 13.2. The first-order chi connectivity index (χ1) is 15.4. The third-order valence-corrected chi connectivity index (χ3v) is 7.97. The van der Waals surface area contributed by atoms with Gasteiger partial charge in [-0.25, -0.2) is 13.2 Å². The molecule has 0 fully saturated rings. The van der Waals surface area contributed by atoms with Crippen molar-refractivity contribution < 1.29 is 13.2 Å². The number of carbonyl (C=O) groups excluding carboxylic acids is 1. The van der Waals surface area contributed by atoms with Gasteiger partial charge in [-0.05, 0) is 52.9 Å². The van der Waals surface area contributed by atoms with Gasteiger partial charge >= 0.3 is 6.03 Å². The van der Waals surface area contributed by atoms with E-state index in [0.717, 1.165) is 35.3 Å². The number of benzene rings is 3. The molecule has 0 bridgehead atoms. The van der Waals surface area contributed by atoms with E-state index in [1.165, 1.54) is 5.56 Å². The number of nitrogens with one attached hydrogen (secondary N) is 2. The lowest BCUT2D eigenvalue weighted by atomic mass is 10.0. The fourth-order valence-corrected chi connectivity index (χ4v) is 5.81. The summed E-state index contributed by atoms with van der Waals surface area (Å²) in [5, 5.41) is 6.19. The lowest BCUT2D eigenvalue weighted by Gasteiger charge is -2.34. The second-order valence-corrected chi connectivity index (χ2v) is 10.4. The largest absolute Gasteiger partial charge is 0.322 e. The molecule has 0 spiro atoms. The van der Waals surface area contributed by atoms with Gasteiger partial charge in [0.25, 0.3) is 0 Å². The number of sulfone groups is 1. The van der Waals surface area contributed by atoms with Gasteiger partial charge in [0.2, 0.25) is 0 Å². The van der Waals surface area contributed by atoms with Crippen molar-refractivity contribution in [1.82, 2.24) is 10.2 Å². The highest BCUT2D eigenvalue weighted by atomic mass is 32.2. The topological polar surface area (TPSA) is 78.5 Å². The highest BCUT2D eigenvalue weighted by molar-refractivity contribution is 7.90. The van der Waals surface area contributed by atoms with E-state index in [-0.39, 0.29) is 22.7 Å². The minimum absolute atomic E-state index is 0.0461. The number of anilines is 1. The van der Waals surface area contributed by atoms with Crippen molar-refractivity contribution in [2.45, 2.75) is 43.2 Å². The van der Waals surface area contributed by atoms with Crippen molar-refractivity contribution >= 4 is 21.6 Å². The van der Waals surface area contributed by atoms with Crippen LogP contribution in [0.5, 0.6) is 0 Å². The minimum Gasteiger partial charge on any atom is -0.313 e. The lowest BCUT2D eigenvalue weighted by molar-refractivity contribution is 0.186. The van der Waals surface area contributed by atoms with Gasteiger partial charge in [-0.15, -0.1) is 0 Å². The number of hydrogen-bond acceptors (Lipinski definition) is 4. The van der Waals surface area contributed by atoms with Crippen molar-refractivity contribution in [3.05, 3.63) is 94.5 Å². The third-order valence-electron chi connectivity index (χ3n) is 6.29. The molecule has 2 amide bonds. The van der Waals surface area contributed by atoms with E-state index in [1.54, 1.807) is 23.1 Å². The van der Waals surface area contributed by atoms with E-state index in [2.05, 4.69) is 10.6 Å². The second-order valence-electron chi connectivity index (χ2n) is 8.43. The summed E-state index contributed by atoms with van der Waals surface area (Å²) in [5.74, 6) is -0.0461. The van der Waals surface area contributed by atoms with E-state index in [4.69, 9.17) is 0 Å². The maximum Gasteiger partial charge on any atom is 0.322 e. The molecule has 32 heavy (non-hydrogen) atoms. The van der Waals surface area contributed by atoms with Gasteiger partial charge in [-0.2, -0.15) is 0 Å². The van der Waals surface area contributed by atoms with Gasteiger partial charge in [0, 0.05) is 18.8 Å². The van der Waals surface area contributed by atoms with Crippen LogP contribution in [0, 0.1) is 0 Å². The number of carbonyl (C=O) groups is 1. The Labute approximate surface area is 188 Å². The molecule has 7 heteroatoms. The average Bonchev–Trinajstić information content (AvgIpc) is 3.26. The summed E-state index contributed by atoms with van der Waals surface area (Å²) in [6, 6.07) is 20.3. The normalized spacial score (nSPS) is 16.3. The Morgan fingerprint density at radius 2 is 1.72 bits per heavy atom. The smallest absolute Gasteiger partial charge is 0.313 e. The van der Waals surface area contributed by atoms with Gasteiger partial charge in [-0.3, -0.25) is 0 Å². The molecular formula is C25H25N3O3S. The molecule has 1 unspecified atom stereocenters. The molecule has 2 heterocycles. The van der Waals surface area contributed by atoms with Crippen LogP contribution in [0.25, 0.3) is 0 Å². The molecule has 2 aliphatic rings. The van der Waals surface area contributed by atoms with Crippen molar-refractivity contribution in [1.29, 1.82) is 0 Å². The van der Waals surface area contributed by atoms with Crippen LogP contribution in [-0.4, -0.2) is 19.3 Å². The Morgan fingerprint density at radius 3 is 2.53 bits per heavy atom. The summed E-state index contributed by atoms with van der Waals surface area (Å²) in [6.45, 7) is 3.93. The van der Waals surface area contributed by atoms with Crippen LogP contribution >= 0.6 is 0 Å². The minimum atomic E-state index is -3.52. The van der Waals surface area contributed by atoms with Gasteiger partial charge in [0.15, 0.2) is 9.84 Å². The summed E-state index contributed by atoms with van der Waals surface area (Å²) in [6.07, 6.45) is 0. The van der Waals surface area contributed by atoms with Crippen molar-refractivity contribution in [3.63, 3.8) is 0 Å². The zero-order valence-corrected chi connectivity index (χ0v) is 18.7. The first-order valence-electron chi connectivity index (χ1n) is 10.7. The van der Waals surface area contributed by atoms with Gasteiger partial charge < -0.3 is 15.5 Å². The van der Waals surface area contributed by atoms with E-state index in [1.807, 2.05) is 55.5 Å². The Morgan fingerprint density at radius 1 is 0.938 bits per heavy atom. The molecule has 3 aromatic carbocycles. The van der Waals surface area contributed by atoms with Crippen LogP contribution in [0.4, 0.5) is 10.5 Å². The number of nitrogens with zero attached hydrogens (tertiary/aromatic N) is 1. The monoisotopic (exact) mass is 447 g/mol. The fourth-order valence-electron chi connectivity index (χ4n) is 4.42. The maximum absolute atomic E-state index is 13.2. The lowest BCUT2D eigenvalue weighted by Crippen LogP contribution is -2.40. The van der Waals surface area contributed by atoms with Crippen molar-refractivity contribution in [3.8, 4) is 0 Å². The molecule has 3 aromatic rings. The molecule has 5 rings (SSSR count). The van der Waals surface area contributed by atoms with E-state index in [0.29, 0.717) is 12.2 Å². The molecule has 1 atom stereocenters. The highest BCUT2D eigenvalue weighted by Gasteiger charge is 2.29. The van der Waals surface area contributed by atoms with Gasteiger partial charge in [-0.1, -0.05) is 48.5 Å². The summed E-state index contributed by atoms with van der Waals surface area (Å²) in [5.41, 5.74) is 5.67. The van der Waals surface area contributed by atoms with Crippen LogP contribution in [-0.2, 0) is 35.2 Å². The Hall–Kier alpha value is -3.16. The number of rotatable bonds is 5. The second kappa shape index (κ2) is 8.07. The quantitative estimate of drug-likeness (QED) is 0.609. The van der Waals surface area contributed by atoms with Crippen molar-refractivity contribution in [2.75, 3.05) is 5.32 Å². The first-order valence-corrected chi connectivity index (χ1v) is 12.4. The van der Waals surface area contributed by atoms with Crippen LogP contribution in [0.3, 0.4) is 0 Å². The van der Waals surface area contributed by atoms with Gasteiger partial charge in [0.1, 0.15) is 0 Å². The number of amides is 2. The molecule has 0 saturated heterocycles. The van der Waals surface area contributed by atoms with E-state index < -0.39 is 9.84 Å². The summed E-state index contributed by atoms with van der Waals surface area (Å²) >= 11 is 0. The molecule has 0 aromatic heterocycles. The first kappa shape index (κ1) is 20.7. The van der Waals surface area contributed by atoms with Crippen LogP contribution in [0.15, 0.2) is 71.6 Å². The zero-order chi connectivity index (χ0) is 22.3. The summed E-state index contributed by atoms with van der Waals surface area (Å²) < 4.78 is 26.3. The SMILES string of the molecule is CC(c1ccccc1)N1Cc2cc(S(=O)(=O)Cc3ccc4c(c3)CNC4)ccc2NC1=O. The predicted octanol–water partition coefficient (Wildman–Crippen LogP) is 4.37. The van der Waals surface area contributed by atoms with E-state index >= 15 is 0 Å². The molecule has 0 saturated carbocycles. The summed E-state index contributed by atoms with van der Waals surface area (Å²) in [7, 11) is -3.52. The van der Waals surface area contributed by atoms with E-state index in [9.17, 15) is 13.2 Å². The van der Waals surface area contributed by atoms with Crippen molar-refractivity contribution in [2.24, 2.45) is 0 Å². The Kier molecular flexibility index (Phi) is 5.23. The average molecular weight is 448 g/mol. The Balaban J connectivity index is 1.40. The molecule has 0 aliphatic carbocycles. The van der Waals surface area contributed by atoms with Crippen LogP contribution < -0.4 is 10.6 Å². The predicted molar refractivity (Wildman–Crippen MR) is 124 cm³/mol.